The van der Waals surface area contributed by atoms with Crippen molar-refractivity contribution in [3.05, 3.63) is 60.2 Å². The molecule has 0 N–H and O–H groups in total. The van der Waals surface area contributed by atoms with Crippen LogP contribution in [-0.2, 0) is 9.31 Å². The van der Waals surface area contributed by atoms with E-state index in [2.05, 4.69) is 9.83 Å². The molecule has 1 aliphatic heterocycles. The van der Waals surface area contributed by atoms with E-state index < -0.39 is 7.12 Å². The van der Waals surface area contributed by atoms with E-state index in [-0.39, 0.29) is 11.2 Å². The van der Waals surface area contributed by atoms with Crippen LogP contribution in [-0.4, -0.2) is 27.7 Å². The van der Waals surface area contributed by atoms with Gasteiger partial charge in [-0.1, -0.05) is 24.3 Å². The molecule has 2 aromatic heterocycles. The van der Waals surface area contributed by atoms with E-state index >= 15 is 0 Å². The highest BCUT2D eigenvalue weighted by atomic mass is 16.7. The van der Waals surface area contributed by atoms with Crippen molar-refractivity contribution in [2.45, 2.75) is 38.9 Å². The quantitative estimate of drug-likeness (QED) is 0.523. The van der Waals surface area contributed by atoms with Crippen LogP contribution in [0.1, 0.15) is 27.7 Å². The summed E-state index contributed by atoms with van der Waals surface area (Å²) in [5, 5.41) is 0. The number of rotatable bonds is 2. The summed E-state index contributed by atoms with van der Waals surface area (Å²) in [6.07, 6.45) is 3.83. The average molecular weight is 345 g/mol. The second kappa shape index (κ2) is 5.70. The number of hydrogen-bond donors (Lipinski definition) is 0. The summed E-state index contributed by atoms with van der Waals surface area (Å²) in [7, 11) is -0.422. The summed E-state index contributed by atoms with van der Waals surface area (Å²) in [4.78, 5) is 8.05. The van der Waals surface area contributed by atoms with Gasteiger partial charge in [0, 0.05) is 11.8 Å². The first-order chi connectivity index (χ1) is 12.3. The monoisotopic (exact) mass is 345 g/mol. The highest BCUT2D eigenvalue weighted by Gasteiger charge is 2.51. The van der Waals surface area contributed by atoms with Crippen LogP contribution in [0.4, 0.5) is 5.69 Å². The van der Waals surface area contributed by atoms with Crippen molar-refractivity contribution in [1.29, 1.82) is 0 Å². The van der Waals surface area contributed by atoms with Gasteiger partial charge in [0.05, 0.1) is 29.5 Å². The predicted octanol–water partition coefficient (Wildman–Crippen LogP) is 3.85. The fourth-order valence-corrected chi connectivity index (χ4v) is 3.05. The van der Waals surface area contributed by atoms with Crippen LogP contribution in [0.15, 0.2) is 48.8 Å². The van der Waals surface area contributed by atoms with Gasteiger partial charge >= 0.3 is 7.12 Å². The molecule has 4 rings (SSSR count). The minimum absolute atomic E-state index is 0.381. The number of aromatic nitrogens is 2. The van der Waals surface area contributed by atoms with Crippen molar-refractivity contribution >= 4 is 23.8 Å². The van der Waals surface area contributed by atoms with Gasteiger partial charge in [-0.2, -0.15) is 0 Å². The Balaban J connectivity index is 1.78. The molecule has 0 atom stereocenters. The van der Waals surface area contributed by atoms with Gasteiger partial charge in [-0.25, -0.2) is 9.83 Å². The lowest BCUT2D eigenvalue weighted by atomic mass is 9.80. The molecule has 130 valence electrons. The molecule has 0 saturated carbocycles. The predicted molar refractivity (Wildman–Crippen MR) is 103 cm³/mol. The molecule has 1 aromatic carbocycles. The smallest absolute Gasteiger partial charge is 0.399 e. The first-order valence-electron chi connectivity index (χ1n) is 8.61. The third-order valence-electron chi connectivity index (χ3n) is 5.31. The maximum atomic E-state index is 7.22. The van der Waals surface area contributed by atoms with E-state index in [1.165, 1.54) is 0 Å². The zero-order chi connectivity index (χ0) is 18.5. The Hall–Kier alpha value is -2.62. The Morgan fingerprint density at radius 1 is 1.08 bits per heavy atom. The first kappa shape index (κ1) is 16.8. The number of hydrogen-bond acceptors (Lipinski definition) is 3. The van der Waals surface area contributed by atoms with Crippen molar-refractivity contribution in [3.63, 3.8) is 0 Å². The van der Waals surface area contributed by atoms with Crippen molar-refractivity contribution in [1.82, 2.24) is 9.38 Å². The molecule has 0 spiro atoms. The van der Waals surface area contributed by atoms with Crippen LogP contribution in [0.5, 0.6) is 0 Å². The average Bonchev–Trinajstić information content (AvgIpc) is 3.12. The number of pyridine rings is 1. The molecule has 1 aliphatic rings. The molecule has 0 radical (unpaired) electrons. The van der Waals surface area contributed by atoms with Gasteiger partial charge in [-0.3, -0.25) is 0 Å². The van der Waals surface area contributed by atoms with E-state index in [1.807, 2.05) is 74.8 Å². The summed E-state index contributed by atoms with van der Waals surface area (Å²) in [6.45, 7) is 15.4. The third kappa shape index (κ3) is 2.61. The highest BCUT2D eigenvalue weighted by Crippen LogP contribution is 2.36. The molecular weight excluding hydrogens is 325 g/mol. The third-order valence-corrected chi connectivity index (χ3v) is 5.31. The van der Waals surface area contributed by atoms with Gasteiger partial charge in [0.25, 0.3) is 0 Å². The molecule has 3 heterocycles. The summed E-state index contributed by atoms with van der Waals surface area (Å²) >= 11 is 0. The molecule has 0 amide bonds. The van der Waals surface area contributed by atoms with Crippen LogP contribution in [0.25, 0.3) is 21.7 Å². The lowest BCUT2D eigenvalue weighted by Gasteiger charge is -2.32. The van der Waals surface area contributed by atoms with Crippen LogP contribution in [0.3, 0.4) is 0 Å². The zero-order valence-electron chi connectivity index (χ0n) is 15.4. The molecule has 0 unspecified atom stereocenters. The van der Waals surface area contributed by atoms with Crippen LogP contribution in [0.2, 0.25) is 0 Å². The van der Waals surface area contributed by atoms with Crippen molar-refractivity contribution in [2.24, 2.45) is 0 Å². The van der Waals surface area contributed by atoms with Gasteiger partial charge in [0.1, 0.15) is 5.82 Å². The number of benzene rings is 1. The van der Waals surface area contributed by atoms with E-state index in [9.17, 15) is 0 Å². The van der Waals surface area contributed by atoms with Crippen LogP contribution < -0.4 is 5.46 Å². The van der Waals surface area contributed by atoms with Crippen molar-refractivity contribution in [2.75, 3.05) is 0 Å². The number of imidazole rings is 1. The standard InChI is InChI=1S/C20H20BN3O2/c1-19(2)20(3,4)26-21(25-19)15-9-10-17-12-23-18(24(17)13-15)14-7-6-8-16(11-14)22-5/h6-13H,1-4H3. The molecule has 26 heavy (non-hydrogen) atoms. The summed E-state index contributed by atoms with van der Waals surface area (Å²) < 4.78 is 14.3. The van der Waals surface area contributed by atoms with Gasteiger partial charge < -0.3 is 13.7 Å². The van der Waals surface area contributed by atoms with Gasteiger partial charge in [-0.15, -0.1) is 0 Å². The largest absolute Gasteiger partial charge is 0.496 e. The van der Waals surface area contributed by atoms with Crippen LogP contribution in [0, 0.1) is 6.57 Å². The van der Waals surface area contributed by atoms with E-state index in [1.54, 1.807) is 6.07 Å². The lowest BCUT2D eigenvalue weighted by molar-refractivity contribution is 0.00578. The molecular formula is C20H20BN3O2. The van der Waals surface area contributed by atoms with E-state index in [0.717, 1.165) is 22.4 Å². The van der Waals surface area contributed by atoms with Gasteiger partial charge in [0.2, 0.25) is 0 Å². The Labute approximate surface area is 153 Å². The fourth-order valence-electron chi connectivity index (χ4n) is 3.05. The second-order valence-electron chi connectivity index (χ2n) is 7.59. The Kier molecular flexibility index (Phi) is 3.69. The number of nitrogens with zero attached hydrogens (tertiary/aromatic N) is 3. The Bertz CT molecular complexity index is 1020. The van der Waals surface area contributed by atoms with Gasteiger partial charge in [0.15, 0.2) is 5.69 Å². The van der Waals surface area contributed by atoms with Gasteiger partial charge in [-0.05, 0) is 45.3 Å². The molecule has 5 nitrogen and oxygen atoms in total. The summed E-state index contributed by atoms with van der Waals surface area (Å²) in [5.74, 6) is 0.795. The highest BCUT2D eigenvalue weighted by molar-refractivity contribution is 6.62. The fraction of sp³-hybridized carbons (Fsp3) is 0.300. The normalized spacial score (nSPS) is 18.2. The molecule has 1 saturated heterocycles. The number of fused-ring (bicyclic) bond motifs is 1. The first-order valence-corrected chi connectivity index (χ1v) is 8.61. The molecule has 0 aliphatic carbocycles. The molecule has 3 aromatic rings. The van der Waals surface area contributed by atoms with Crippen LogP contribution >= 0.6 is 0 Å². The minimum Gasteiger partial charge on any atom is -0.399 e. The molecule has 6 heteroatoms. The van der Waals surface area contributed by atoms with Crippen molar-refractivity contribution in [3.8, 4) is 11.4 Å². The minimum atomic E-state index is -0.422. The van der Waals surface area contributed by atoms with E-state index in [0.29, 0.717) is 5.69 Å². The lowest BCUT2D eigenvalue weighted by Crippen LogP contribution is -2.41. The second-order valence-corrected chi connectivity index (χ2v) is 7.59. The summed E-state index contributed by atoms with van der Waals surface area (Å²) in [5.41, 5.74) is 2.67. The maximum absolute atomic E-state index is 7.22. The Morgan fingerprint density at radius 2 is 1.81 bits per heavy atom. The Morgan fingerprint density at radius 3 is 2.50 bits per heavy atom. The molecule has 0 bridgehead atoms. The topological polar surface area (TPSA) is 40.1 Å². The SMILES string of the molecule is [C-]#[N+]c1cccc(-c2ncc3ccc(B4OC(C)(C)C(C)(C)O4)cn23)c1. The van der Waals surface area contributed by atoms with E-state index in [4.69, 9.17) is 15.9 Å². The van der Waals surface area contributed by atoms with Crippen molar-refractivity contribution < 1.29 is 9.31 Å². The molecule has 1 fully saturated rings. The summed E-state index contributed by atoms with van der Waals surface area (Å²) in [6, 6.07) is 11.5. The maximum Gasteiger partial charge on any atom is 0.496 e. The zero-order valence-corrected chi connectivity index (χ0v) is 15.4.